The van der Waals surface area contributed by atoms with E-state index in [1.807, 2.05) is 38.1 Å². The number of rotatable bonds is 8. The number of carbonyl (C=O) groups is 1. The highest BCUT2D eigenvalue weighted by Crippen LogP contribution is 2.19. The van der Waals surface area contributed by atoms with Gasteiger partial charge in [-0.2, -0.15) is 0 Å². The molecular weight excluding hydrogens is 266 g/mol. The molecule has 0 aromatic carbocycles. The van der Waals surface area contributed by atoms with Crippen LogP contribution in [0.5, 0.6) is 0 Å². The second-order valence-electron chi connectivity index (χ2n) is 5.78. The van der Waals surface area contributed by atoms with Gasteiger partial charge in [0.2, 0.25) is 11.9 Å². The molecule has 2 rings (SSSR count). The average molecular weight is 291 g/mol. The van der Waals surface area contributed by atoms with Crippen molar-refractivity contribution in [3.63, 3.8) is 0 Å². The quantitative estimate of drug-likeness (QED) is 0.750. The lowest BCUT2D eigenvalue weighted by Crippen LogP contribution is -2.40. The molecule has 0 bridgehead atoms. The highest BCUT2D eigenvalue weighted by atomic mass is 16.2. The van der Waals surface area contributed by atoms with Gasteiger partial charge in [0.15, 0.2) is 0 Å². The summed E-state index contributed by atoms with van der Waals surface area (Å²) < 4.78 is 0. The van der Waals surface area contributed by atoms with E-state index in [2.05, 4.69) is 20.6 Å². The molecule has 1 heterocycles. The summed E-state index contributed by atoms with van der Waals surface area (Å²) in [5.74, 6) is 0.599. The van der Waals surface area contributed by atoms with E-state index in [9.17, 15) is 4.79 Å². The van der Waals surface area contributed by atoms with Gasteiger partial charge in [0.05, 0.1) is 6.54 Å². The van der Waals surface area contributed by atoms with Crippen LogP contribution in [0, 0.1) is 0 Å². The zero-order valence-corrected chi connectivity index (χ0v) is 13.1. The van der Waals surface area contributed by atoms with Crippen LogP contribution in [-0.4, -0.2) is 41.0 Å². The van der Waals surface area contributed by atoms with Crippen molar-refractivity contribution in [2.24, 2.45) is 0 Å². The topological polar surface area (TPSA) is 70.2 Å². The second-order valence-corrected chi connectivity index (χ2v) is 5.78. The summed E-state index contributed by atoms with van der Waals surface area (Å²) in [6, 6.07) is 0.824. The van der Waals surface area contributed by atoms with Crippen LogP contribution in [0.2, 0.25) is 0 Å². The zero-order valence-electron chi connectivity index (χ0n) is 13.1. The molecule has 0 spiro atoms. The first-order valence-corrected chi connectivity index (χ1v) is 7.67. The van der Waals surface area contributed by atoms with Crippen LogP contribution in [0.25, 0.3) is 0 Å². The first kappa shape index (κ1) is 15.7. The van der Waals surface area contributed by atoms with Gasteiger partial charge in [-0.3, -0.25) is 4.79 Å². The molecule has 21 heavy (non-hydrogen) atoms. The van der Waals surface area contributed by atoms with E-state index >= 15 is 0 Å². The van der Waals surface area contributed by atoms with Crippen molar-refractivity contribution in [2.45, 2.75) is 52.2 Å². The Bertz CT molecular complexity index is 456. The Labute approximate surface area is 126 Å². The highest BCUT2D eigenvalue weighted by Gasteiger charge is 2.20. The highest BCUT2D eigenvalue weighted by molar-refractivity contribution is 5.80. The number of anilines is 1. The van der Waals surface area contributed by atoms with Crippen molar-refractivity contribution >= 4 is 11.9 Å². The van der Waals surface area contributed by atoms with Gasteiger partial charge in [-0.25, -0.2) is 9.97 Å². The first-order valence-electron chi connectivity index (χ1n) is 7.67. The molecular formula is C15H25N5O. The number of hydrogen-bond acceptors (Lipinski definition) is 5. The number of nitrogens with one attached hydrogen (secondary N) is 2. The van der Waals surface area contributed by atoms with Crippen molar-refractivity contribution in [3.8, 4) is 0 Å². The number of nitrogens with zero attached hydrogens (tertiary/aromatic N) is 3. The number of hydrogen-bond donors (Lipinski definition) is 2. The number of amides is 1. The molecule has 1 aliphatic rings. The maximum Gasteiger partial charge on any atom is 0.239 e. The Morgan fingerprint density at radius 1 is 1.38 bits per heavy atom. The molecule has 0 unspecified atom stereocenters. The molecule has 0 aliphatic heterocycles. The second kappa shape index (κ2) is 7.36. The summed E-state index contributed by atoms with van der Waals surface area (Å²) in [7, 11) is 0. The van der Waals surface area contributed by atoms with Crippen molar-refractivity contribution in [2.75, 3.05) is 18.0 Å². The zero-order chi connectivity index (χ0) is 15.2. The molecule has 1 saturated carbocycles. The molecule has 116 valence electrons. The van der Waals surface area contributed by atoms with Gasteiger partial charge < -0.3 is 15.5 Å². The standard InChI is InChI=1S/C15H25N5O/c1-4-20(10-14(21)19-11(2)3)15-17-8-12(9-18-15)7-16-13-5-6-13/h8-9,11,13,16H,4-7,10H2,1-3H3,(H,19,21). The summed E-state index contributed by atoms with van der Waals surface area (Å²) in [5.41, 5.74) is 1.08. The van der Waals surface area contributed by atoms with Crippen LogP contribution in [0.15, 0.2) is 12.4 Å². The average Bonchev–Trinajstić information content (AvgIpc) is 3.26. The summed E-state index contributed by atoms with van der Waals surface area (Å²) in [6.07, 6.45) is 6.21. The third-order valence-corrected chi connectivity index (χ3v) is 3.31. The predicted octanol–water partition coefficient (Wildman–Crippen LogP) is 1.08. The molecule has 1 aromatic heterocycles. The molecule has 1 aliphatic carbocycles. The van der Waals surface area contributed by atoms with Gasteiger partial charge in [0.1, 0.15) is 0 Å². The number of aromatic nitrogens is 2. The smallest absolute Gasteiger partial charge is 0.239 e. The van der Waals surface area contributed by atoms with Crippen LogP contribution >= 0.6 is 0 Å². The Balaban J connectivity index is 1.89. The van der Waals surface area contributed by atoms with E-state index in [0.717, 1.165) is 12.1 Å². The fourth-order valence-electron chi connectivity index (χ4n) is 2.02. The van der Waals surface area contributed by atoms with Crippen molar-refractivity contribution in [1.82, 2.24) is 20.6 Å². The summed E-state index contributed by atoms with van der Waals surface area (Å²) in [6.45, 7) is 7.69. The lowest BCUT2D eigenvalue weighted by molar-refractivity contribution is -0.120. The summed E-state index contributed by atoms with van der Waals surface area (Å²) >= 11 is 0. The maximum atomic E-state index is 11.8. The van der Waals surface area contributed by atoms with Crippen molar-refractivity contribution in [1.29, 1.82) is 0 Å². The van der Waals surface area contributed by atoms with Crippen LogP contribution in [0.3, 0.4) is 0 Å². The van der Waals surface area contributed by atoms with Crippen LogP contribution in [0.1, 0.15) is 39.2 Å². The maximum absolute atomic E-state index is 11.8. The Morgan fingerprint density at radius 3 is 2.57 bits per heavy atom. The van der Waals surface area contributed by atoms with Crippen LogP contribution in [-0.2, 0) is 11.3 Å². The van der Waals surface area contributed by atoms with Crippen LogP contribution in [0.4, 0.5) is 5.95 Å². The number of likely N-dealkylation sites (N-methyl/N-ethyl adjacent to an activating group) is 1. The van der Waals surface area contributed by atoms with E-state index < -0.39 is 0 Å². The molecule has 0 radical (unpaired) electrons. The minimum absolute atomic E-state index is 0.00470. The van der Waals surface area contributed by atoms with Crippen LogP contribution < -0.4 is 15.5 Å². The van der Waals surface area contributed by atoms with E-state index in [0.29, 0.717) is 18.5 Å². The molecule has 0 atom stereocenters. The molecule has 6 nitrogen and oxygen atoms in total. The van der Waals surface area contributed by atoms with Gasteiger partial charge in [-0.05, 0) is 33.6 Å². The lowest BCUT2D eigenvalue weighted by atomic mass is 10.3. The van der Waals surface area contributed by atoms with E-state index in [-0.39, 0.29) is 18.5 Å². The van der Waals surface area contributed by atoms with Crippen molar-refractivity contribution < 1.29 is 4.79 Å². The normalized spacial score (nSPS) is 14.3. The molecule has 1 amide bonds. The molecule has 1 aromatic rings. The SMILES string of the molecule is CCN(CC(=O)NC(C)C)c1ncc(CNC2CC2)cn1. The minimum Gasteiger partial charge on any atom is -0.352 e. The van der Waals surface area contributed by atoms with Gasteiger partial charge in [-0.1, -0.05) is 0 Å². The largest absolute Gasteiger partial charge is 0.352 e. The monoisotopic (exact) mass is 291 g/mol. The first-order chi connectivity index (χ1) is 10.1. The molecule has 2 N–H and O–H groups in total. The summed E-state index contributed by atoms with van der Waals surface area (Å²) in [5, 5.41) is 6.31. The number of carbonyl (C=O) groups excluding carboxylic acids is 1. The third kappa shape index (κ3) is 5.30. The van der Waals surface area contributed by atoms with Gasteiger partial charge in [-0.15, -0.1) is 0 Å². The molecule has 0 saturated heterocycles. The Hall–Kier alpha value is -1.69. The van der Waals surface area contributed by atoms with Gasteiger partial charge >= 0.3 is 0 Å². The predicted molar refractivity (Wildman–Crippen MR) is 83.1 cm³/mol. The Kier molecular flexibility index (Phi) is 5.50. The third-order valence-electron chi connectivity index (χ3n) is 3.31. The van der Waals surface area contributed by atoms with Crippen molar-refractivity contribution in [3.05, 3.63) is 18.0 Å². The molecule has 1 fully saturated rings. The van der Waals surface area contributed by atoms with Gasteiger partial charge in [0.25, 0.3) is 0 Å². The van der Waals surface area contributed by atoms with E-state index in [4.69, 9.17) is 0 Å². The van der Waals surface area contributed by atoms with E-state index in [1.165, 1.54) is 12.8 Å². The summed E-state index contributed by atoms with van der Waals surface area (Å²) in [4.78, 5) is 22.5. The Morgan fingerprint density at radius 2 is 2.05 bits per heavy atom. The lowest BCUT2D eigenvalue weighted by Gasteiger charge is -2.21. The van der Waals surface area contributed by atoms with E-state index in [1.54, 1.807) is 0 Å². The van der Waals surface area contributed by atoms with Gasteiger partial charge in [0, 0.05) is 43.1 Å². The molecule has 6 heteroatoms. The fourth-order valence-corrected chi connectivity index (χ4v) is 2.02. The fraction of sp³-hybridized carbons (Fsp3) is 0.667. The minimum atomic E-state index is -0.00470.